The molecule has 0 saturated carbocycles. The maximum Gasteiger partial charge on any atom is 0.334 e. The Kier molecular flexibility index (Phi) is 7.47. The van der Waals surface area contributed by atoms with Gasteiger partial charge in [0.05, 0.1) is 13.1 Å². The predicted octanol–water partition coefficient (Wildman–Crippen LogP) is 2.71. The molecule has 2 aliphatic heterocycles. The summed E-state index contributed by atoms with van der Waals surface area (Å²) in [7, 11) is 1.66. The van der Waals surface area contributed by atoms with Gasteiger partial charge in [-0.15, -0.1) is 0 Å². The molecule has 4 amide bonds. The van der Waals surface area contributed by atoms with Crippen LogP contribution in [0.3, 0.4) is 0 Å². The number of urea groups is 1. The second kappa shape index (κ2) is 11.1. The number of nitrogens with one attached hydrogen (secondary N) is 1. The highest BCUT2D eigenvalue weighted by molar-refractivity contribution is 5.91. The van der Waals surface area contributed by atoms with Crippen molar-refractivity contribution in [2.45, 2.75) is 31.7 Å². The van der Waals surface area contributed by atoms with E-state index in [-0.39, 0.29) is 43.6 Å². The van der Waals surface area contributed by atoms with Gasteiger partial charge in [0.2, 0.25) is 11.8 Å². The van der Waals surface area contributed by atoms with Gasteiger partial charge in [-0.3, -0.25) is 9.59 Å². The van der Waals surface area contributed by atoms with Crippen LogP contribution < -0.4 is 5.32 Å². The van der Waals surface area contributed by atoms with Gasteiger partial charge in [-0.1, -0.05) is 60.7 Å². The number of likely N-dealkylation sites (N-methyl/N-ethyl adjacent to an activating group) is 1. The van der Waals surface area contributed by atoms with Crippen molar-refractivity contribution in [2.24, 2.45) is 0 Å². The van der Waals surface area contributed by atoms with Gasteiger partial charge in [0.15, 0.2) is 0 Å². The fraction of sp³-hybridized carbons (Fsp3) is 0.276. The molecule has 2 aliphatic rings. The number of benzene rings is 3. The number of rotatable bonds is 6. The van der Waals surface area contributed by atoms with Gasteiger partial charge >= 0.3 is 6.03 Å². The van der Waals surface area contributed by atoms with Crippen LogP contribution in [0, 0.1) is 5.82 Å². The van der Waals surface area contributed by atoms with Gasteiger partial charge in [0, 0.05) is 32.1 Å². The van der Waals surface area contributed by atoms with Gasteiger partial charge in [-0.2, -0.15) is 0 Å². The number of piperazine rings is 1. The summed E-state index contributed by atoms with van der Waals surface area (Å²) in [4.78, 5) is 43.7. The standard InChI is InChI=1S/C29H30FN5O4/c1-32-19-27(37)34-25(15-20-11-13-23(36)14-12-20)28(38)33(17-22-9-5-6-10-24(22)30)18-26(34)35(32)29(39)31-16-21-7-3-2-4-8-21/h2-14,25-26,36H,15-19H2,1H3,(H,31,39)/t25-,26?/m0/s1. The van der Waals surface area contributed by atoms with Crippen molar-refractivity contribution in [1.29, 1.82) is 0 Å². The SMILES string of the molecule is CN1CC(=O)N2C(CN(Cc3ccccc3F)C(=O)[C@@H]2Cc2ccc(O)cc2)N1C(=O)NCc1ccccc1. The van der Waals surface area contributed by atoms with E-state index in [0.717, 1.165) is 11.1 Å². The molecule has 10 heteroatoms. The molecule has 39 heavy (non-hydrogen) atoms. The fourth-order valence-corrected chi connectivity index (χ4v) is 5.19. The van der Waals surface area contributed by atoms with E-state index in [9.17, 15) is 23.9 Å². The number of fused-ring (bicyclic) bond motifs is 1. The summed E-state index contributed by atoms with van der Waals surface area (Å²) in [5.74, 6) is -0.954. The zero-order valence-corrected chi connectivity index (χ0v) is 21.5. The van der Waals surface area contributed by atoms with E-state index in [1.54, 1.807) is 42.4 Å². The zero-order chi connectivity index (χ0) is 27.5. The molecule has 0 aromatic heterocycles. The average molecular weight is 532 g/mol. The first-order valence-corrected chi connectivity index (χ1v) is 12.7. The summed E-state index contributed by atoms with van der Waals surface area (Å²) < 4.78 is 14.6. The van der Waals surface area contributed by atoms with Crippen LogP contribution in [-0.2, 0) is 29.1 Å². The minimum absolute atomic E-state index is 0.000691. The summed E-state index contributed by atoms with van der Waals surface area (Å²) in [6, 6.07) is 20.8. The number of hydrogen-bond acceptors (Lipinski definition) is 5. The van der Waals surface area contributed by atoms with Crippen molar-refractivity contribution >= 4 is 17.8 Å². The first-order valence-electron chi connectivity index (χ1n) is 12.7. The zero-order valence-electron chi connectivity index (χ0n) is 21.5. The second-order valence-electron chi connectivity index (χ2n) is 9.78. The lowest BCUT2D eigenvalue weighted by molar-refractivity contribution is -0.187. The third-order valence-electron chi connectivity index (χ3n) is 7.12. The highest BCUT2D eigenvalue weighted by atomic mass is 19.1. The Morgan fingerprint density at radius 2 is 1.67 bits per heavy atom. The molecule has 202 valence electrons. The van der Waals surface area contributed by atoms with Gasteiger partial charge in [0.25, 0.3) is 0 Å². The van der Waals surface area contributed by atoms with E-state index >= 15 is 0 Å². The summed E-state index contributed by atoms with van der Waals surface area (Å²) >= 11 is 0. The Morgan fingerprint density at radius 3 is 2.38 bits per heavy atom. The maximum atomic E-state index is 14.6. The van der Waals surface area contributed by atoms with Crippen molar-refractivity contribution in [2.75, 3.05) is 20.1 Å². The summed E-state index contributed by atoms with van der Waals surface area (Å²) in [5, 5.41) is 15.6. The van der Waals surface area contributed by atoms with Crippen LogP contribution in [0.2, 0.25) is 0 Å². The summed E-state index contributed by atoms with van der Waals surface area (Å²) in [5.41, 5.74) is 2.01. The first kappa shape index (κ1) is 26.2. The molecule has 0 spiro atoms. The Bertz CT molecular complexity index is 1350. The fourth-order valence-electron chi connectivity index (χ4n) is 5.19. The van der Waals surface area contributed by atoms with Crippen LogP contribution in [0.4, 0.5) is 9.18 Å². The monoisotopic (exact) mass is 531 g/mol. The van der Waals surface area contributed by atoms with E-state index in [2.05, 4.69) is 5.32 Å². The largest absolute Gasteiger partial charge is 0.508 e. The minimum Gasteiger partial charge on any atom is -0.508 e. The average Bonchev–Trinajstić information content (AvgIpc) is 2.92. The molecule has 0 bridgehead atoms. The minimum atomic E-state index is -0.911. The van der Waals surface area contributed by atoms with Crippen molar-refractivity contribution < 1.29 is 23.9 Å². The van der Waals surface area contributed by atoms with Crippen molar-refractivity contribution in [3.8, 4) is 5.75 Å². The highest BCUT2D eigenvalue weighted by Gasteiger charge is 2.50. The van der Waals surface area contributed by atoms with Crippen molar-refractivity contribution in [3.05, 3.63) is 101 Å². The number of halogens is 1. The Morgan fingerprint density at radius 1 is 0.974 bits per heavy atom. The van der Waals surface area contributed by atoms with E-state index in [0.29, 0.717) is 12.1 Å². The van der Waals surface area contributed by atoms with E-state index in [4.69, 9.17) is 0 Å². The van der Waals surface area contributed by atoms with Crippen molar-refractivity contribution in [3.63, 3.8) is 0 Å². The van der Waals surface area contributed by atoms with Crippen LogP contribution >= 0.6 is 0 Å². The maximum absolute atomic E-state index is 14.6. The Labute approximate surface area is 226 Å². The number of carbonyl (C=O) groups excluding carboxylic acids is 3. The van der Waals surface area contributed by atoms with Gasteiger partial charge in [-0.25, -0.2) is 19.2 Å². The number of amides is 4. The molecule has 3 aromatic carbocycles. The van der Waals surface area contributed by atoms with Crippen LogP contribution in [0.25, 0.3) is 0 Å². The van der Waals surface area contributed by atoms with Crippen LogP contribution in [-0.4, -0.2) is 75.1 Å². The summed E-state index contributed by atoms with van der Waals surface area (Å²) in [6.45, 7) is 0.231. The molecule has 2 fully saturated rings. The molecule has 5 rings (SSSR count). The van der Waals surface area contributed by atoms with Crippen LogP contribution in [0.5, 0.6) is 5.75 Å². The Hall–Kier alpha value is -4.44. The summed E-state index contributed by atoms with van der Waals surface area (Å²) in [6.07, 6.45) is -0.614. The topological polar surface area (TPSA) is 96.4 Å². The van der Waals surface area contributed by atoms with E-state index < -0.39 is 24.1 Å². The van der Waals surface area contributed by atoms with Gasteiger partial charge in [-0.05, 0) is 29.3 Å². The molecule has 0 aliphatic carbocycles. The predicted molar refractivity (Wildman–Crippen MR) is 141 cm³/mol. The smallest absolute Gasteiger partial charge is 0.334 e. The highest BCUT2D eigenvalue weighted by Crippen LogP contribution is 2.29. The molecule has 0 radical (unpaired) electrons. The van der Waals surface area contributed by atoms with Crippen molar-refractivity contribution in [1.82, 2.24) is 25.1 Å². The molecule has 3 aromatic rings. The van der Waals surface area contributed by atoms with Crippen LogP contribution in [0.15, 0.2) is 78.9 Å². The molecule has 1 unspecified atom stereocenters. The number of aromatic hydroxyl groups is 1. The molecule has 2 saturated heterocycles. The number of nitrogens with zero attached hydrogens (tertiary/aromatic N) is 4. The van der Waals surface area contributed by atoms with E-state index in [1.807, 2.05) is 30.3 Å². The van der Waals surface area contributed by atoms with Crippen LogP contribution in [0.1, 0.15) is 16.7 Å². The molecule has 9 nitrogen and oxygen atoms in total. The Balaban J connectivity index is 1.46. The molecule has 2 N–H and O–H groups in total. The third-order valence-corrected chi connectivity index (χ3v) is 7.12. The normalized spacial score (nSPS) is 19.7. The quantitative estimate of drug-likeness (QED) is 0.510. The third kappa shape index (κ3) is 5.56. The number of phenols is 1. The lowest BCUT2D eigenvalue weighted by Crippen LogP contribution is -2.76. The first-order chi connectivity index (χ1) is 18.8. The molecule has 2 heterocycles. The lowest BCUT2D eigenvalue weighted by atomic mass is 9.98. The number of hydrazine groups is 1. The lowest BCUT2D eigenvalue weighted by Gasteiger charge is -2.54. The molecule has 2 atom stereocenters. The molecular weight excluding hydrogens is 501 g/mol. The number of phenolic OH excluding ortho intramolecular Hbond substituents is 1. The molecular formula is C29H30FN5O4. The second-order valence-corrected chi connectivity index (χ2v) is 9.78. The van der Waals surface area contributed by atoms with E-state index in [1.165, 1.54) is 33.0 Å². The number of carbonyl (C=O) groups is 3. The van der Waals surface area contributed by atoms with Gasteiger partial charge < -0.3 is 20.2 Å². The number of hydrogen-bond donors (Lipinski definition) is 2. The van der Waals surface area contributed by atoms with Gasteiger partial charge in [0.1, 0.15) is 23.8 Å².